The molecule has 1 rings (SSSR count). The molecule has 4 heteroatoms. The number of halogens is 2. The number of carbonyl (C=O) groups excluding carboxylic acids is 1. The van der Waals surface area contributed by atoms with Gasteiger partial charge in [0.1, 0.15) is 5.75 Å². The maximum atomic E-state index is 11.9. The highest BCUT2D eigenvalue weighted by atomic mass is 19.3. The quantitative estimate of drug-likeness (QED) is 0.707. The lowest BCUT2D eigenvalue weighted by Gasteiger charge is -2.06. The first-order valence-corrected chi connectivity index (χ1v) is 5.57. The van der Waals surface area contributed by atoms with Crippen LogP contribution in [0, 0.1) is 5.92 Å². The number of Topliss-reactive ketones (excluding diaryl/α,β-unsaturated/α-hetero) is 1. The minimum Gasteiger partial charge on any atom is -0.435 e. The van der Waals surface area contributed by atoms with Crippen LogP contribution in [0.2, 0.25) is 0 Å². The molecule has 0 heterocycles. The van der Waals surface area contributed by atoms with Crippen molar-refractivity contribution in [2.24, 2.45) is 5.92 Å². The van der Waals surface area contributed by atoms with Crippen LogP contribution >= 0.6 is 0 Å². The molecular weight excluding hydrogens is 226 g/mol. The average molecular weight is 242 g/mol. The van der Waals surface area contributed by atoms with E-state index in [1.807, 2.05) is 13.8 Å². The van der Waals surface area contributed by atoms with Crippen LogP contribution in [-0.4, -0.2) is 12.4 Å². The molecule has 2 nitrogen and oxygen atoms in total. The van der Waals surface area contributed by atoms with Crippen LogP contribution in [0.25, 0.3) is 0 Å². The summed E-state index contributed by atoms with van der Waals surface area (Å²) in [6.07, 6.45) is 1.31. The van der Waals surface area contributed by atoms with E-state index in [0.717, 1.165) is 6.42 Å². The zero-order valence-electron chi connectivity index (χ0n) is 9.95. The molecule has 0 bridgehead atoms. The van der Waals surface area contributed by atoms with Crippen molar-refractivity contribution in [2.75, 3.05) is 0 Å². The fraction of sp³-hybridized carbons (Fsp3) is 0.462. The van der Waals surface area contributed by atoms with Gasteiger partial charge in [-0.15, -0.1) is 0 Å². The van der Waals surface area contributed by atoms with Crippen LogP contribution < -0.4 is 4.74 Å². The molecule has 94 valence electrons. The van der Waals surface area contributed by atoms with Gasteiger partial charge in [0.25, 0.3) is 0 Å². The Bertz CT molecular complexity index is 358. The standard InChI is InChI=1S/C13H16F2O2/c1-9(2)3-8-12(16)10-4-6-11(7-5-10)17-13(14)15/h4-7,9,13H,3,8H2,1-2H3. The summed E-state index contributed by atoms with van der Waals surface area (Å²) in [7, 11) is 0. The van der Waals surface area contributed by atoms with Crippen LogP contribution in [0.3, 0.4) is 0 Å². The summed E-state index contributed by atoms with van der Waals surface area (Å²) in [5.74, 6) is 0.572. The number of alkyl halides is 2. The second kappa shape index (κ2) is 6.33. The Kier molecular flexibility index (Phi) is 5.07. The average Bonchev–Trinajstić information content (AvgIpc) is 2.26. The van der Waals surface area contributed by atoms with E-state index in [1.54, 1.807) is 0 Å². The largest absolute Gasteiger partial charge is 0.435 e. The summed E-state index contributed by atoms with van der Waals surface area (Å²) >= 11 is 0. The van der Waals surface area contributed by atoms with Gasteiger partial charge in [0.2, 0.25) is 0 Å². The van der Waals surface area contributed by atoms with E-state index in [-0.39, 0.29) is 11.5 Å². The predicted octanol–water partition coefficient (Wildman–Crippen LogP) is 3.91. The van der Waals surface area contributed by atoms with Crippen molar-refractivity contribution in [1.29, 1.82) is 0 Å². The van der Waals surface area contributed by atoms with Gasteiger partial charge >= 0.3 is 6.61 Å². The van der Waals surface area contributed by atoms with E-state index in [9.17, 15) is 13.6 Å². The van der Waals surface area contributed by atoms with Crippen LogP contribution in [0.15, 0.2) is 24.3 Å². The number of hydrogen-bond donors (Lipinski definition) is 0. The summed E-state index contributed by atoms with van der Waals surface area (Å²) in [4.78, 5) is 11.7. The molecule has 0 saturated carbocycles. The molecule has 0 amide bonds. The van der Waals surface area contributed by atoms with Crippen molar-refractivity contribution in [2.45, 2.75) is 33.3 Å². The van der Waals surface area contributed by atoms with Crippen LogP contribution in [0.5, 0.6) is 5.75 Å². The lowest BCUT2D eigenvalue weighted by Crippen LogP contribution is -2.03. The van der Waals surface area contributed by atoms with Gasteiger partial charge in [-0.3, -0.25) is 4.79 Å². The van der Waals surface area contributed by atoms with Gasteiger partial charge in [-0.25, -0.2) is 0 Å². The van der Waals surface area contributed by atoms with E-state index in [1.165, 1.54) is 24.3 Å². The van der Waals surface area contributed by atoms with Crippen molar-refractivity contribution in [3.63, 3.8) is 0 Å². The summed E-state index contributed by atoms with van der Waals surface area (Å²) in [6.45, 7) is 1.26. The molecule has 0 fully saturated rings. The fourth-order valence-electron chi connectivity index (χ4n) is 1.39. The molecule has 0 aliphatic carbocycles. The molecule has 0 aliphatic rings. The topological polar surface area (TPSA) is 26.3 Å². The van der Waals surface area contributed by atoms with Crippen molar-refractivity contribution in [1.82, 2.24) is 0 Å². The smallest absolute Gasteiger partial charge is 0.387 e. The van der Waals surface area contributed by atoms with Gasteiger partial charge in [-0.2, -0.15) is 8.78 Å². The number of ether oxygens (including phenoxy) is 1. The number of ketones is 1. The van der Waals surface area contributed by atoms with E-state index < -0.39 is 6.61 Å². The summed E-state index contributed by atoms with van der Waals surface area (Å²) in [5, 5.41) is 0. The Morgan fingerprint density at radius 1 is 1.24 bits per heavy atom. The molecule has 0 radical (unpaired) electrons. The second-order valence-corrected chi connectivity index (χ2v) is 4.26. The Hall–Kier alpha value is -1.45. The Morgan fingerprint density at radius 2 is 1.82 bits per heavy atom. The Balaban J connectivity index is 2.57. The summed E-state index contributed by atoms with van der Waals surface area (Å²) in [5.41, 5.74) is 0.535. The Labute approximate surface area is 99.6 Å². The van der Waals surface area contributed by atoms with Crippen LogP contribution in [-0.2, 0) is 0 Å². The van der Waals surface area contributed by atoms with Gasteiger partial charge < -0.3 is 4.74 Å². The minimum absolute atomic E-state index is 0.0299. The second-order valence-electron chi connectivity index (χ2n) is 4.26. The van der Waals surface area contributed by atoms with Gasteiger partial charge in [0.15, 0.2) is 5.78 Å². The molecular formula is C13H16F2O2. The van der Waals surface area contributed by atoms with Crippen molar-refractivity contribution >= 4 is 5.78 Å². The zero-order valence-corrected chi connectivity index (χ0v) is 9.95. The third-order valence-corrected chi connectivity index (χ3v) is 2.35. The van der Waals surface area contributed by atoms with E-state index in [0.29, 0.717) is 17.9 Å². The van der Waals surface area contributed by atoms with E-state index >= 15 is 0 Å². The summed E-state index contributed by atoms with van der Waals surface area (Å²) in [6, 6.07) is 5.80. The molecule has 1 aromatic rings. The molecule has 0 spiro atoms. The molecule has 0 aliphatic heterocycles. The molecule has 0 unspecified atom stereocenters. The first-order valence-electron chi connectivity index (χ1n) is 5.57. The molecule has 17 heavy (non-hydrogen) atoms. The maximum Gasteiger partial charge on any atom is 0.387 e. The van der Waals surface area contributed by atoms with E-state index in [2.05, 4.69) is 4.74 Å². The van der Waals surface area contributed by atoms with Crippen molar-refractivity contribution in [3.8, 4) is 5.75 Å². The van der Waals surface area contributed by atoms with Gasteiger partial charge in [0.05, 0.1) is 0 Å². The van der Waals surface area contributed by atoms with E-state index in [4.69, 9.17) is 0 Å². The van der Waals surface area contributed by atoms with Crippen LogP contribution in [0.1, 0.15) is 37.0 Å². The number of benzene rings is 1. The monoisotopic (exact) mass is 242 g/mol. The zero-order chi connectivity index (χ0) is 12.8. The number of hydrogen-bond acceptors (Lipinski definition) is 2. The molecule has 0 atom stereocenters. The predicted molar refractivity (Wildman–Crippen MR) is 61.5 cm³/mol. The highest BCUT2D eigenvalue weighted by Crippen LogP contribution is 2.17. The number of carbonyl (C=O) groups is 1. The first kappa shape index (κ1) is 13.6. The van der Waals surface area contributed by atoms with Crippen molar-refractivity contribution < 1.29 is 18.3 Å². The highest BCUT2D eigenvalue weighted by Gasteiger charge is 2.08. The summed E-state index contributed by atoms with van der Waals surface area (Å²) < 4.78 is 28.0. The third-order valence-electron chi connectivity index (χ3n) is 2.35. The van der Waals surface area contributed by atoms with Gasteiger partial charge in [0, 0.05) is 12.0 Å². The molecule has 0 aromatic heterocycles. The van der Waals surface area contributed by atoms with Gasteiger partial charge in [-0.05, 0) is 36.6 Å². The Morgan fingerprint density at radius 3 is 2.29 bits per heavy atom. The fourth-order valence-corrected chi connectivity index (χ4v) is 1.39. The third kappa shape index (κ3) is 4.93. The van der Waals surface area contributed by atoms with Gasteiger partial charge in [-0.1, -0.05) is 13.8 Å². The molecule has 0 saturated heterocycles. The lowest BCUT2D eigenvalue weighted by atomic mass is 10.0. The SMILES string of the molecule is CC(C)CCC(=O)c1ccc(OC(F)F)cc1. The normalized spacial score (nSPS) is 10.9. The maximum absolute atomic E-state index is 11.9. The first-order chi connectivity index (χ1) is 7.99. The number of rotatable bonds is 6. The highest BCUT2D eigenvalue weighted by molar-refractivity contribution is 5.96. The lowest BCUT2D eigenvalue weighted by molar-refractivity contribution is -0.0498. The molecule has 0 N–H and O–H groups in total. The molecule has 1 aromatic carbocycles. The van der Waals surface area contributed by atoms with Crippen molar-refractivity contribution in [3.05, 3.63) is 29.8 Å². The minimum atomic E-state index is -2.84. The van der Waals surface area contributed by atoms with Crippen LogP contribution in [0.4, 0.5) is 8.78 Å².